The number of unbranched alkanes of at least 4 members (excludes halogenated alkanes) is 2. The van der Waals surface area contributed by atoms with E-state index in [2.05, 4.69) is 73.8 Å². The summed E-state index contributed by atoms with van der Waals surface area (Å²) in [5, 5.41) is 80.2. The summed E-state index contributed by atoms with van der Waals surface area (Å²) in [7, 11) is 0. The zero-order valence-corrected chi connectivity index (χ0v) is 65.8. The number of aliphatic hydroxyl groups is 3. The molecule has 0 unspecified atom stereocenters. The molecule has 1 rings (SSSR count). The molecular weight excluding hydrogens is 1490 g/mol. The van der Waals surface area contributed by atoms with Gasteiger partial charge >= 0.3 is 11.9 Å². The minimum Gasteiger partial charge on any atom is -0.481 e. The molecule has 44 heteroatoms. The fraction of sp³-hybridized carbons (Fsp3) is 0.739. The number of primary amides is 1. The summed E-state index contributed by atoms with van der Waals surface area (Å²) in [5.41, 5.74) is 44.4. The molecule has 1 aliphatic rings. The number of aliphatic hydroxyl groups excluding tert-OH is 3. The Morgan fingerprint density at radius 1 is 0.425 bits per heavy atom. The van der Waals surface area contributed by atoms with E-state index in [-0.39, 0.29) is 127 Å². The number of nitrogens with zero attached hydrogens (tertiary/aromatic N) is 3. The topological polar surface area (TPSA) is 755 Å². The van der Waals surface area contributed by atoms with Crippen LogP contribution in [-0.2, 0) is 76.7 Å². The van der Waals surface area contributed by atoms with Crippen LogP contribution in [0.2, 0.25) is 0 Å². The maximum absolute atomic E-state index is 14.7. The molecule has 0 aliphatic carbocycles. The van der Waals surface area contributed by atoms with Gasteiger partial charge in [-0.1, -0.05) is 41.5 Å². The van der Waals surface area contributed by atoms with Crippen LogP contribution in [0.15, 0.2) is 9.98 Å². The number of carbonyl (C=O) groups excluding carboxylic acids is 14. The number of rotatable bonds is 56. The lowest BCUT2D eigenvalue weighted by Gasteiger charge is -2.32. The van der Waals surface area contributed by atoms with Crippen LogP contribution in [0.1, 0.15) is 171 Å². The molecule has 0 aromatic heterocycles. The van der Waals surface area contributed by atoms with E-state index < -0.39 is 230 Å². The predicted molar refractivity (Wildman–Crippen MR) is 410 cm³/mol. The number of amides is 14. The normalized spacial score (nSPS) is 16.3. The number of hydrogen-bond donors (Lipinski definition) is 25. The first-order valence-electron chi connectivity index (χ1n) is 37.9. The summed E-state index contributed by atoms with van der Waals surface area (Å²) in [6.45, 7) is 10.6. The van der Waals surface area contributed by atoms with Gasteiger partial charge in [-0.25, -0.2) is 4.79 Å². The van der Waals surface area contributed by atoms with E-state index in [0.29, 0.717) is 19.3 Å². The second-order valence-electron chi connectivity index (χ2n) is 28.9. The largest absolute Gasteiger partial charge is 0.481 e. The lowest BCUT2D eigenvalue weighted by Crippen LogP contribution is -2.62. The number of aliphatic carboxylic acids is 2. The molecule has 1 heterocycles. The molecule has 1 fully saturated rings. The number of carboxylic acid groups (broad SMARTS) is 2. The van der Waals surface area contributed by atoms with Crippen LogP contribution in [0.25, 0.3) is 0 Å². The number of hydrogen-bond acceptors (Lipinski definition) is 24. The van der Waals surface area contributed by atoms with E-state index in [1.807, 2.05) is 0 Å². The maximum Gasteiger partial charge on any atom is 0.326 e. The van der Waals surface area contributed by atoms with Crippen LogP contribution < -0.4 is 110 Å². The molecule has 0 aromatic carbocycles. The van der Waals surface area contributed by atoms with Crippen molar-refractivity contribution in [3.8, 4) is 0 Å². The van der Waals surface area contributed by atoms with Crippen molar-refractivity contribution in [1.29, 1.82) is 0 Å². The van der Waals surface area contributed by atoms with Gasteiger partial charge in [-0.3, -0.25) is 81.9 Å². The summed E-state index contributed by atoms with van der Waals surface area (Å²) in [5.74, 6) is -18.4. The second kappa shape index (κ2) is 52.9. The molecule has 642 valence electrons. The van der Waals surface area contributed by atoms with Gasteiger partial charge in [0.1, 0.15) is 78.5 Å². The third-order valence-electron chi connectivity index (χ3n) is 17.8. The fourth-order valence-corrected chi connectivity index (χ4v) is 11.6. The smallest absolute Gasteiger partial charge is 0.326 e. The van der Waals surface area contributed by atoms with Crippen molar-refractivity contribution in [2.75, 3.05) is 45.9 Å². The average Bonchev–Trinajstić information content (AvgIpc) is 1.81. The second-order valence-corrected chi connectivity index (χ2v) is 28.9. The van der Waals surface area contributed by atoms with Crippen molar-refractivity contribution in [2.24, 2.45) is 73.6 Å². The minimum absolute atomic E-state index is 0.00441. The Bertz CT molecular complexity index is 3230. The number of nitrogens with two attached hydrogens (primary N) is 8. The highest BCUT2D eigenvalue weighted by Gasteiger charge is 2.42. The Balaban J connectivity index is 3.51. The molecule has 0 aromatic rings. The van der Waals surface area contributed by atoms with Crippen LogP contribution >= 0.6 is 0 Å². The highest BCUT2D eigenvalue weighted by molar-refractivity contribution is 6.00. The van der Waals surface area contributed by atoms with Crippen molar-refractivity contribution in [1.82, 2.24) is 68.7 Å². The van der Waals surface area contributed by atoms with E-state index in [1.54, 1.807) is 41.5 Å². The van der Waals surface area contributed by atoms with Crippen molar-refractivity contribution in [3.63, 3.8) is 0 Å². The van der Waals surface area contributed by atoms with Crippen LogP contribution in [0.3, 0.4) is 0 Å². The molecule has 33 N–H and O–H groups in total. The van der Waals surface area contributed by atoms with Crippen LogP contribution in [0, 0.1) is 17.8 Å². The van der Waals surface area contributed by atoms with E-state index >= 15 is 0 Å². The number of guanidine groups is 2. The summed E-state index contributed by atoms with van der Waals surface area (Å²) in [4.78, 5) is 227. The van der Waals surface area contributed by atoms with Gasteiger partial charge in [0.05, 0.1) is 25.4 Å². The Hall–Kier alpha value is -10.2. The monoisotopic (exact) mass is 1610 g/mol. The quantitative estimate of drug-likeness (QED) is 0.0153. The number of likely N-dealkylation sites (tertiary alicyclic amines) is 1. The van der Waals surface area contributed by atoms with Crippen LogP contribution in [0.4, 0.5) is 0 Å². The zero-order valence-electron chi connectivity index (χ0n) is 65.8. The number of aliphatic imine (C=N–C) groups is 2. The predicted octanol–water partition coefficient (Wildman–Crippen LogP) is -9.16. The van der Waals surface area contributed by atoms with Crippen molar-refractivity contribution >= 4 is 107 Å². The van der Waals surface area contributed by atoms with Gasteiger partial charge in [0, 0.05) is 32.5 Å². The van der Waals surface area contributed by atoms with Gasteiger partial charge in [-0.2, -0.15) is 0 Å². The first kappa shape index (κ1) is 101. The van der Waals surface area contributed by atoms with Gasteiger partial charge in [-0.15, -0.1) is 0 Å². The molecule has 44 nitrogen and oxygen atoms in total. The molecule has 14 amide bonds. The van der Waals surface area contributed by atoms with E-state index in [1.165, 1.54) is 13.8 Å². The fourth-order valence-electron chi connectivity index (χ4n) is 11.6. The van der Waals surface area contributed by atoms with Gasteiger partial charge < -0.3 is 140 Å². The van der Waals surface area contributed by atoms with E-state index in [0.717, 1.165) is 4.90 Å². The lowest BCUT2D eigenvalue weighted by molar-refractivity contribution is -0.143. The molecule has 0 spiro atoms. The van der Waals surface area contributed by atoms with Gasteiger partial charge in [-0.05, 0) is 147 Å². The highest BCUT2D eigenvalue weighted by atomic mass is 16.4. The standard InChI is InChI=1S/C69H125N23O21/c1-34(2)30-45(86-64(109)52(36(5)6)90-65(110)53(38(8)95)91-55(100)39(72)16-13-27-78-68(74)75)60(105)83-42(21-23-50(73)96)59(104)87-46(31-35(3)4)66(111)92-29-15-20-49(92)63(108)89-48(33-94)62(107)82-40(17-9-11-25-70)57(102)88-47(32-93)61(106)84-43(22-24-51(97)98)58(103)81-41(19-14-28-79-69(76)77)56(101)80-37(7)54(99)85-44(67(112)113)18-10-12-26-71/h34-49,52-53,93-95H,9-33,70-72H2,1-8H3,(H2,73,96)(H,80,101)(H,81,103)(H,82,107)(H,83,105)(H,84,106)(H,85,99)(H,86,109)(H,87,104)(H,88,102)(H,89,108)(H,90,110)(H,91,100)(H,97,98)(H,112,113)(H4,74,75,78)(H4,76,77,79)/t37-,38+,39-,40-,41-,42-,43-,44-,45-,46-,47-,48-,49-,52-,53-/m0/s1. The first-order chi connectivity index (χ1) is 53.0. The average molecular weight is 1610 g/mol. The maximum atomic E-state index is 14.7. The zero-order chi connectivity index (χ0) is 85.9. The van der Waals surface area contributed by atoms with Crippen LogP contribution in [-0.4, -0.2) is 274 Å². The van der Waals surface area contributed by atoms with Gasteiger partial charge in [0.2, 0.25) is 82.7 Å². The molecule has 1 aliphatic heterocycles. The molecular formula is C69H125N23O21. The lowest BCUT2D eigenvalue weighted by atomic mass is 9.98. The summed E-state index contributed by atoms with van der Waals surface area (Å²) >= 11 is 0. The Morgan fingerprint density at radius 3 is 1.27 bits per heavy atom. The number of nitrogens with one attached hydrogen (secondary N) is 12. The van der Waals surface area contributed by atoms with Crippen molar-refractivity contribution in [2.45, 2.75) is 262 Å². The van der Waals surface area contributed by atoms with Gasteiger partial charge in [0.25, 0.3) is 0 Å². The van der Waals surface area contributed by atoms with E-state index in [9.17, 15) is 102 Å². The third kappa shape index (κ3) is 38.7. The van der Waals surface area contributed by atoms with Crippen molar-refractivity contribution in [3.05, 3.63) is 0 Å². The Labute approximate surface area is 656 Å². The molecule has 0 radical (unpaired) electrons. The van der Waals surface area contributed by atoms with E-state index in [4.69, 9.17) is 45.9 Å². The minimum atomic E-state index is -1.94. The molecule has 1 saturated heterocycles. The summed E-state index contributed by atoms with van der Waals surface area (Å²) in [6.07, 6.45) is -2.43. The van der Waals surface area contributed by atoms with Crippen LogP contribution in [0.5, 0.6) is 0 Å². The first-order valence-corrected chi connectivity index (χ1v) is 37.9. The Kier molecular flexibility index (Phi) is 47.2. The molecule has 0 bridgehead atoms. The van der Waals surface area contributed by atoms with Gasteiger partial charge in [0.15, 0.2) is 11.9 Å². The molecule has 113 heavy (non-hydrogen) atoms. The molecule has 15 atom stereocenters. The molecule has 0 saturated carbocycles. The number of carbonyl (C=O) groups is 16. The Morgan fingerprint density at radius 2 is 0.814 bits per heavy atom. The number of carboxylic acids is 2. The highest BCUT2D eigenvalue weighted by Crippen LogP contribution is 2.22. The summed E-state index contributed by atoms with van der Waals surface area (Å²) < 4.78 is 0. The SMILES string of the molecule is CC(C)C[C@H](NC(=O)[C@@H](NC(=O)[C@@H](NC(=O)[C@@H](N)CCCN=C(N)N)[C@@H](C)O)C(C)C)C(=O)N[C@@H](CCC(N)=O)C(=O)N[C@@H](CC(C)C)C(=O)N1CCC[C@H]1C(=O)N[C@@H](CO)C(=O)N[C@@H](CCCCN)C(=O)N[C@@H](CO)C(=O)N[C@@H](CCC(=O)O)C(=O)N[C@@H](CCCN=C(N)N)C(=O)N[C@@H](C)C(=O)N[C@@H](CCCCN)C(=O)O. The summed E-state index contributed by atoms with van der Waals surface area (Å²) in [6, 6.07) is -21.4. The van der Waals surface area contributed by atoms with Crippen molar-refractivity contribution < 1.29 is 102 Å². The third-order valence-corrected chi connectivity index (χ3v) is 17.8.